The fourth-order valence-corrected chi connectivity index (χ4v) is 3.34. The van der Waals surface area contributed by atoms with Crippen LogP contribution in [0.1, 0.15) is 12.8 Å². The monoisotopic (exact) mass is 350 g/mol. The van der Waals surface area contributed by atoms with Gasteiger partial charge in [0.15, 0.2) is 0 Å². The maximum absolute atomic E-state index is 13.2. The summed E-state index contributed by atoms with van der Waals surface area (Å²) >= 11 is 0. The minimum absolute atomic E-state index is 0.0452. The van der Waals surface area contributed by atoms with Gasteiger partial charge in [-0.15, -0.1) is 0 Å². The lowest BCUT2D eigenvalue weighted by atomic mass is 9.94. The Morgan fingerprint density at radius 3 is 2.52 bits per heavy atom. The maximum Gasteiger partial charge on any atom is 0.393 e. The number of nitrogens with zero attached hydrogens (tertiary/aromatic N) is 1. The Labute approximate surface area is 145 Å². The van der Waals surface area contributed by atoms with Gasteiger partial charge >= 0.3 is 6.18 Å². The van der Waals surface area contributed by atoms with Crippen LogP contribution in [0.4, 0.5) is 24.5 Å². The third kappa shape index (κ3) is 3.67. The third-order valence-electron chi connectivity index (χ3n) is 4.66. The zero-order chi connectivity index (χ0) is 18.0. The van der Waals surface area contributed by atoms with E-state index < -0.39 is 12.1 Å². The summed E-state index contributed by atoms with van der Waals surface area (Å²) in [4.78, 5) is 1.80. The molecule has 1 atom stereocenters. The third-order valence-corrected chi connectivity index (χ3v) is 4.66. The fourth-order valence-electron chi connectivity index (χ4n) is 3.34. The lowest BCUT2D eigenvalue weighted by Gasteiger charge is -2.36. The van der Waals surface area contributed by atoms with Crippen LogP contribution in [0.5, 0.6) is 5.75 Å². The zero-order valence-electron chi connectivity index (χ0n) is 14.0. The van der Waals surface area contributed by atoms with E-state index in [9.17, 15) is 13.2 Å². The molecular formula is C19H21F3N2O. The van der Waals surface area contributed by atoms with Crippen LogP contribution in [-0.2, 0) is 0 Å². The molecule has 1 heterocycles. The molecule has 1 fully saturated rings. The first-order chi connectivity index (χ1) is 11.9. The summed E-state index contributed by atoms with van der Waals surface area (Å²) in [5.41, 5.74) is 8.97. The summed E-state index contributed by atoms with van der Waals surface area (Å²) < 4.78 is 44.9. The first-order valence-electron chi connectivity index (χ1n) is 8.24. The van der Waals surface area contributed by atoms with E-state index in [1.807, 2.05) is 30.3 Å². The van der Waals surface area contributed by atoms with Gasteiger partial charge < -0.3 is 15.4 Å². The van der Waals surface area contributed by atoms with Crippen LogP contribution in [0.2, 0.25) is 0 Å². The van der Waals surface area contributed by atoms with Crippen LogP contribution in [0, 0.1) is 5.92 Å². The second-order valence-electron chi connectivity index (χ2n) is 6.30. The second kappa shape index (κ2) is 6.86. The van der Waals surface area contributed by atoms with Gasteiger partial charge in [0.1, 0.15) is 5.75 Å². The molecule has 25 heavy (non-hydrogen) atoms. The van der Waals surface area contributed by atoms with Crippen LogP contribution in [0.25, 0.3) is 11.1 Å². The van der Waals surface area contributed by atoms with E-state index in [1.54, 1.807) is 17.0 Å². The molecule has 6 heteroatoms. The number of alkyl halides is 3. The minimum atomic E-state index is -4.18. The molecule has 2 aromatic carbocycles. The van der Waals surface area contributed by atoms with Gasteiger partial charge in [0.25, 0.3) is 0 Å². The Balaban J connectivity index is 2.04. The molecule has 0 spiro atoms. The van der Waals surface area contributed by atoms with E-state index in [0.717, 1.165) is 16.8 Å². The zero-order valence-corrected chi connectivity index (χ0v) is 14.0. The van der Waals surface area contributed by atoms with Crippen molar-refractivity contribution in [2.24, 2.45) is 5.92 Å². The molecule has 0 saturated carbocycles. The largest absolute Gasteiger partial charge is 0.495 e. The van der Waals surface area contributed by atoms with Gasteiger partial charge in [-0.2, -0.15) is 13.2 Å². The SMILES string of the molecule is COc1cc(N2CCCC(C(F)(F)F)C2)c(-c2ccccc2)cc1N. The molecule has 2 N–H and O–H groups in total. The summed E-state index contributed by atoms with van der Waals surface area (Å²) in [6, 6.07) is 13.1. The summed E-state index contributed by atoms with van der Waals surface area (Å²) in [6.07, 6.45) is -3.50. The first kappa shape index (κ1) is 17.5. The van der Waals surface area contributed by atoms with E-state index >= 15 is 0 Å². The number of anilines is 2. The molecule has 134 valence electrons. The van der Waals surface area contributed by atoms with Gasteiger partial charge in [0.2, 0.25) is 0 Å². The molecule has 0 aromatic heterocycles. The average Bonchev–Trinajstić information content (AvgIpc) is 2.61. The summed E-state index contributed by atoms with van der Waals surface area (Å²) in [6.45, 7) is 0.538. The molecule has 1 unspecified atom stereocenters. The number of halogens is 3. The van der Waals surface area contributed by atoms with Crippen LogP contribution in [0.3, 0.4) is 0 Å². The minimum Gasteiger partial charge on any atom is -0.495 e. The fraction of sp³-hybridized carbons (Fsp3) is 0.368. The molecule has 0 amide bonds. The number of hydrogen-bond donors (Lipinski definition) is 1. The van der Waals surface area contributed by atoms with Gasteiger partial charge in [-0.1, -0.05) is 30.3 Å². The number of nitrogens with two attached hydrogens (primary N) is 1. The number of piperidine rings is 1. The summed E-state index contributed by atoms with van der Waals surface area (Å²) in [7, 11) is 1.51. The van der Waals surface area contributed by atoms with E-state index in [1.165, 1.54) is 7.11 Å². The van der Waals surface area contributed by atoms with Gasteiger partial charge in [-0.25, -0.2) is 0 Å². The molecule has 0 aliphatic carbocycles. The number of nitrogen functional groups attached to an aromatic ring is 1. The van der Waals surface area contributed by atoms with Crippen molar-refractivity contribution in [2.45, 2.75) is 19.0 Å². The van der Waals surface area contributed by atoms with Crippen molar-refractivity contribution in [1.82, 2.24) is 0 Å². The average molecular weight is 350 g/mol. The molecule has 0 bridgehead atoms. The van der Waals surface area contributed by atoms with Gasteiger partial charge in [-0.3, -0.25) is 0 Å². The summed E-state index contributed by atoms with van der Waals surface area (Å²) in [5.74, 6) is -0.836. The Morgan fingerprint density at radius 1 is 1.16 bits per heavy atom. The summed E-state index contributed by atoms with van der Waals surface area (Å²) in [5, 5.41) is 0. The van der Waals surface area contributed by atoms with E-state index in [0.29, 0.717) is 24.4 Å². The molecule has 0 radical (unpaired) electrons. The van der Waals surface area contributed by atoms with Crippen LogP contribution in [0.15, 0.2) is 42.5 Å². The van der Waals surface area contributed by atoms with Crippen molar-refractivity contribution in [3.63, 3.8) is 0 Å². The Hall–Kier alpha value is -2.37. The second-order valence-corrected chi connectivity index (χ2v) is 6.30. The van der Waals surface area contributed by atoms with Crippen molar-refractivity contribution in [2.75, 3.05) is 30.8 Å². The molecule has 3 rings (SSSR count). The standard InChI is InChI=1S/C19H21F3N2O/c1-25-18-11-17(24-9-5-8-14(12-24)19(20,21)22)15(10-16(18)23)13-6-3-2-4-7-13/h2-4,6-7,10-11,14H,5,8-9,12,23H2,1H3. The molecule has 2 aromatic rings. The van der Waals surface area contributed by atoms with Crippen molar-refractivity contribution in [1.29, 1.82) is 0 Å². The quantitative estimate of drug-likeness (QED) is 0.814. The normalized spacial score (nSPS) is 18.2. The van der Waals surface area contributed by atoms with Crippen LogP contribution >= 0.6 is 0 Å². The van der Waals surface area contributed by atoms with E-state index in [2.05, 4.69) is 0 Å². The maximum atomic E-state index is 13.2. The van der Waals surface area contributed by atoms with Gasteiger partial charge in [0.05, 0.1) is 18.7 Å². The highest BCUT2D eigenvalue weighted by Gasteiger charge is 2.42. The van der Waals surface area contributed by atoms with Crippen molar-refractivity contribution in [3.05, 3.63) is 42.5 Å². The van der Waals surface area contributed by atoms with Crippen molar-refractivity contribution >= 4 is 11.4 Å². The highest BCUT2D eigenvalue weighted by atomic mass is 19.4. The van der Waals surface area contributed by atoms with E-state index in [-0.39, 0.29) is 13.0 Å². The smallest absolute Gasteiger partial charge is 0.393 e. The predicted molar refractivity (Wildman–Crippen MR) is 93.8 cm³/mol. The Kier molecular flexibility index (Phi) is 4.79. The number of ether oxygens (including phenoxy) is 1. The molecule has 1 aliphatic heterocycles. The Morgan fingerprint density at radius 2 is 1.88 bits per heavy atom. The topological polar surface area (TPSA) is 38.5 Å². The van der Waals surface area contributed by atoms with Crippen LogP contribution < -0.4 is 15.4 Å². The predicted octanol–water partition coefficient (Wildman–Crippen LogP) is 4.72. The van der Waals surface area contributed by atoms with Crippen LogP contribution in [-0.4, -0.2) is 26.4 Å². The number of methoxy groups -OCH3 is 1. The highest BCUT2D eigenvalue weighted by molar-refractivity contribution is 5.84. The first-order valence-corrected chi connectivity index (χ1v) is 8.24. The molecular weight excluding hydrogens is 329 g/mol. The number of hydrogen-bond acceptors (Lipinski definition) is 3. The molecule has 1 saturated heterocycles. The lowest BCUT2D eigenvalue weighted by Crippen LogP contribution is -2.42. The van der Waals surface area contributed by atoms with E-state index in [4.69, 9.17) is 10.5 Å². The van der Waals surface area contributed by atoms with Gasteiger partial charge in [0, 0.05) is 30.4 Å². The highest BCUT2D eigenvalue weighted by Crippen LogP contribution is 2.41. The van der Waals surface area contributed by atoms with Crippen molar-refractivity contribution < 1.29 is 17.9 Å². The molecule has 1 aliphatic rings. The van der Waals surface area contributed by atoms with Crippen molar-refractivity contribution in [3.8, 4) is 16.9 Å². The lowest BCUT2D eigenvalue weighted by molar-refractivity contribution is -0.175. The molecule has 3 nitrogen and oxygen atoms in total. The Bertz CT molecular complexity index is 731. The number of benzene rings is 2. The number of rotatable bonds is 3. The van der Waals surface area contributed by atoms with Gasteiger partial charge in [-0.05, 0) is 24.5 Å².